The van der Waals surface area contributed by atoms with Gasteiger partial charge in [-0.15, -0.1) is 0 Å². The SMILES string of the molecule is CCN1C(=O)/C(=C/c2cn(CC(=O)Nc3ccc(Cl)cc3)c3ccccc23)SC1=S. The highest BCUT2D eigenvalue weighted by molar-refractivity contribution is 8.26. The summed E-state index contributed by atoms with van der Waals surface area (Å²) in [5, 5.41) is 4.46. The van der Waals surface area contributed by atoms with Crippen molar-refractivity contribution in [2.75, 3.05) is 11.9 Å². The van der Waals surface area contributed by atoms with E-state index in [9.17, 15) is 9.59 Å². The fraction of sp³-hybridized carbons (Fsp3) is 0.136. The summed E-state index contributed by atoms with van der Waals surface area (Å²) >= 11 is 12.5. The minimum atomic E-state index is -0.151. The second-order valence-electron chi connectivity index (χ2n) is 6.71. The molecule has 0 aliphatic carbocycles. The first-order chi connectivity index (χ1) is 14.5. The minimum absolute atomic E-state index is 0.0789. The molecule has 1 N–H and O–H groups in total. The highest BCUT2D eigenvalue weighted by Crippen LogP contribution is 2.34. The first-order valence-corrected chi connectivity index (χ1v) is 10.9. The van der Waals surface area contributed by atoms with Crippen LogP contribution in [0.25, 0.3) is 17.0 Å². The van der Waals surface area contributed by atoms with Crippen LogP contribution in [-0.4, -0.2) is 32.1 Å². The predicted molar refractivity (Wildman–Crippen MR) is 128 cm³/mol. The van der Waals surface area contributed by atoms with Crippen molar-refractivity contribution in [3.05, 3.63) is 70.2 Å². The number of anilines is 1. The molecule has 4 rings (SSSR count). The van der Waals surface area contributed by atoms with E-state index in [1.165, 1.54) is 11.8 Å². The van der Waals surface area contributed by atoms with Gasteiger partial charge in [0.2, 0.25) is 5.91 Å². The second-order valence-corrected chi connectivity index (χ2v) is 8.82. The Kier molecular flexibility index (Phi) is 5.94. The van der Waals surface area contributed by atoms with Crippen molar-refractivity contribution < 1.29 is 9.59 Å². The summed E-state index contributed by atoms with van der Waals surface area (Å²) in [6.07, 6.45) is 3.75. The number of benzene rings is 2. The van der Waals surface area contributed by atoms with Gasteiger partial charge >= 0.3 is 0 Å². The number of nitrogens with zero attached hydrogens (tertiary/aromatic N) is 2. The molecule has 3 aromatic rings. The number of aromatic nitrogens is 1. The lowest BCUT2D eigenvalue weighted by atomic mass is 10.1. The molecule has 0 atom stereocenters. The van der Waals surface area contributed by atoms with Crippen LogP contribution in [0.1, 0.15) is 12.5 Å². The topological polar surface area (TPSA) is 54.3 Å². The summed E-state index contributed by atoms with van der Waals surface area (Å²) in [4.78, 5) is 27.3. The van der Waals surface area contributed by atoms with Gasteiger partial charge in [-0.2, -0.15) is 0 Å². The van der Waals surface area contributed by atoms with Crippen LogP contribution in [0, 0.1) is 0 Å². The Morgan fingerprint density at radius 3 is 2.63 bits per heavy atom. The molecule has 0 radical (unpaired) electrons. The van der Waals surface area contributed by atoms with Crippen molar-refractivity contribution in [2.24, 2.45) is 0 Å². The fourth-order valence-corrected chi connectivity index (χ4v) is 4.82. The molecular weight excluding hydrogens is 438 g/mol. The zero-order valence-corrected chi connectivity index (χ0v) is 18.5. The predicted octanol–water partition coefficient (Wildman–Crippen LogP) is 5.15. The maximum atomic E-state index is 12.6. The molecule has 1 aliphatic rings. The fourth-order valence-electron chi connectivity index (χ4n) is 3.32. The quantitative estimate of drug-likeness (QED) is 0.426. The summed E-state index contributed by atoms with van der Waals surface area (Å²) in [7, 11) is 0. The van der Waals surface area contributed by atoms with Gasteiger partial charge in [-0.1, -0.05) is 53.8 Å². The van der Waals surface area contributed by atoms with Crippen LogP contribution >= 0.6 is 35.6 Å². The van der Waals surface area contributed by atoms with Crippen LogP contribution in [0.15, 0.2) is 59.6 Å². The number of likely N-dealkylation sites (N-methyl/N-ethyl adjacent to an activating group) is 1. The molecule has 0 unspecified atom stereocenters. The van der Waals surface area contributed by atoms with Crippen LogP contribution in [0.4, 0.5) is 5.69 Å². The number of rotatable bonds is 5. The first kappa shape index (κ1) is 20.7. The van der Waals surface area contributed by atoms with Gasteiger partial charge in [-0.05, 0) is 43.3 Å². The van der Waals surface area contributed by atoms with Gasteiger partial charge in [0.25, 0.3) is 5.91 Å². The third kappa shape index (κ3) is 4.14. The zero-order valence-electron chi connectivity index (χ0n) is 16.1. The van der Waals surface area contributed by atoms with Crippen LogP contribution in [0.5, 0.6) is 0 Å². The average molecular weight is 456 g/mol. The summed E-state index contributed by atoms with van der Waals surface area (Å²) in [5.41, 5.74) is 2.48. The summed E-state index contributed by atoms with van der Waals surface area (Å²) in [5.74, 6) is -0.230. The minimum Gasteiger partial charge on any atom is -0.337 e. The van der Waals surface area contributed by atoms with Gasteiger partial charge < -0.3 is 9.88 Å². The van der Waals surface area contributed by atoms with Crippen molar-refractivity contribution in [3.63, 3.8) is 0 Å². The molecule has 2 amide bonds. The molecule has 5 nitrogen and oxygen atoms in total. The van der Waals surface area contributed by atoms with Gasteiger partial charge in [0.1, 0.15) is 10.9 Å². The Labute approximate surface area is 188 Å². The van der Waals surface area contributed by atoms with Crippen LogP contribution in [0.3, 0.4) is 0 Å². The van der Waals surface area contributed by atoms with Crippen LogP contribution in [-0.2, 0) is 16.1 Å². The van der Waals surface area contributed by atoms with Gasteiger partial charge in [0.15, 0.2) is 0 Å². The molecule has 0 bridgehead atoms. The van der Waals surface area contributed by atoms with Crippen molar-refractivity contribution >= 4 is 74.4 Å². The number of halogens is 1. The van der Waals surface area contributed by atoms with Crippen molar-refractivity contribution in [1.29, 1.82) is 0 Å². The van der Waals surface area contributed by atoms with Crippen molar-refractivity contribution in [3.8, 4) is 0 Å². The van der Waals surface area contributed by atoms with E-state index in [-0.39, 0.29) is 18.4 Å². The lowest BCUT2D eigenvalue weighted by Gasteiger charge is -2.09. The number of nitrogens with one attached hydrogen (secondary N) is 1. The maximum absolute atomic E-state index is 12.6. The molecule has 0 spiro atoms. The number of thioether (sulfide) groups is 1. The molecule has 1 aliphatic heterocycles. The van der Waals surface area contributed by atoms with E-state index in [4.69, 9.17) is 23.8 Å². The molecule has 2 aromatic carbocycles. The highest BCUT2D eigenvalue weighted by Gasteiger charge is 2.30. The Balaban J connectivity index is 1.62. The lowest BCUT2D eigenvalue weighted by molar-refractivity contribution is -0.122. The standard InChI is InChI=1S/C22H18ClN3O2S2/c1-2-26-21(28)19(30-22(26)29)11-14-12-25(18-6-4-3-5-17(14)18)13-20(27)24-16-9-7-15(23)8-10-16/h3-12H,2,13H2,1H3,(H,24,27)/b19-11-. The molecule has 1 fully saturated rings. The van der Waals surface area contributed by atoms with Gasteiger partial charge in [0.05, 0.1) is 4.91 Å². The molecule has 8 heteroatoms. The molecular formula is C22H18ClN3O2S2. The Morgan fingerprint density at radius 2 is 1.93 bits per heavy atom. The summed E-state index contributed by atoms with van der Waals surface area (Å²) in [6, 6.07) is 14.8. The van der Waals surface area contributed by atoms with E-state index in [0.29, 0.717) is 26.5 Å². The number of fused-ring (bicyclic) bond motifs is 1. The largest absolute Gasteiger partial charge is 0.337 e. The number of carbonyl (C=O) groups is 2. The second kappa shape index (κ2) is 8.63. The molecule has 2 heterocycles. The zero-order chi connectivity index (χ0) is 21.3. The average Bonchev–Trinajstić information content (AvgIpc) is 3.20. The first-order valence-electron chi connectivity index (χ1n) is 9.35. The van der Waals surface area contributed by atoms with E-state index in [1.807, 2.05) is 48.0 Å². The number of hydrogen-bond acceptors (Lipinski definition) is 4. The van der Waals surface area contributed by atoms with E-state index < -0.39 is 0 Å². The number of hydrogen-bond donors (Lipinski definition) is 1. The summed E-state index contributed by atoms with van der Waals surface area (Å²) in [6.45, 7) is 2.60. The third-order valence-electron chi connectivity index (χ3n) is 4.74. The smallest absolute Gasteiger partial charge is 0.266 e. The Morgan fingerprint density at radius 1 is 1.20 bits per heavy atom. The Bertz CT molecular complexity index is 1180. The number of carbonyl (C=O) groups excluding carboxylic acids is 2. The third-order valence-corrected chi connectivity index (χ3v) is 6.37. The van der Waals surface area contributed by atoms with E-state index >= 15 is 0 Å². The normalized spacial score (nSPS) is 15.4. The van der Waals surface area contributed by atoms with Crippen molar-refractivity contribution in [1.82, 2.24) is 9.47 Å². The molecule has 30 heavy (non-hydrogen) atoms. The van der Waals surface area contributed by atoms with E-state index in [1.54, 1.807) is 29.2 Å². The van der Waals surface area contributed by atoms with Crippen molar-refractivity contribution in [2.45, 2.75) is 13.5 Å². The number of thiocarbonyl (C=S) groups is 1. The van der Waals surface area contributed by atoms with Crippen LogP contribution in [0.2, 0.25) is 5.02 Å². The lowest BCUT2D eigenvalue weighted by Crippen LogP contribution is -2.27. The van der Waals surface area contributed by atoms with E-state index in [2.05, 4.69) is 5.32 Å². The molecule has 152 valence electrons. The van der Waals surface area contributed by atoms with E-state index in [0.717, 1.165) is 16.5 Å². The molecule has 1 saturated heterocycles. The summed E-state index contributed by atoms with van der Waals surface area (Å²) < 4.78 is 2.45. The number of amides is 2. The molecule has 1 aromatic heterocycles. The highest BCUT2D eigenvalue weighted by atomic mass is 35.5. The number of para-hydroxylation sites is 1. The van der Waals surface area contributed by atoms with Gasteiger partial charge in [-0.3, -0.25) is 14.5 Å². The van der Waals surface area contributed by atoms with Gasteiger partial charge in [-0.25, -0.2) is 0 Å². The van der Waals surface area contributed by atoms with Crippen LogP contribution < -0.4 is 5.32 Å². The maximum Gasteiger partial charge on any atom is 0.266 e. The monoisotopic (exact) mass is 455 g/mol. The molecule has 0 saturated carbocycles. The Hall–Kier alpha value is -2.61. The van der Waals surface area contributed by atoms with Gasteiger partial charge in [0, 0.05) is 39.9 Å².